The van der Waals surface area contributed by atoms with Crippen molar-refractivity contribution in [3.8, 4) is 0 Å². The van der Waals surface area contributed by atoms with Crippen molar-refractivity contribution in [3.63, 3.8) is 0 Å². The fourth-order valence-corrected chi connectivity index (χ4v) is 5.04. The highest BCUT2D eigenvalue weighted by Crippen LogP contribution is 3.09. The summed E-state index contributed by atoms with van der Waals surface area (Å²) in [5.74, 6) is 0. The number of rotatable bonds is 2. The van der Waals surface area contributed by atoms with E-state index in [1.807, 2.05) is 0 Å². The van der Waals surface area contributed by atoms with E-state index in [0.29, 0.717) is 0 Å². The van der Waals surface area contributed by atoms with E-state index in [4.69, 9.17) is 0 Å². The predicted molar refractivity (Wildman–Crippen MR) is 58.7 cm³/mol. The van der Waals surface area contributed by atoms with Crippen LogP contribution in [0.25, 0.3) is 0 Å². The Morgan fingerprint density at radius 1 is 0.550 bits per heavy atom. The highest BCUT2D eigenvalue weighted by Gasteiger charge is 2.76. The zero-order chi connectivity index (χ0) is 16.5. The van der Waals surface area contributed by atoms with Gasteiger partial charge < -0.3 is 0 Å². The van der Waals surface area contributed by atoms with Crippen LogP contribution in [-0.2, 0) is 0 Å². The van der Waals surface area contributed by atoms with Gasteiger partial charge in [0.05, 0.1) is 0 Å². The second-order valence-electron chi connectivity index (χ2n) is 4.30. The first-order valence-electron chi connectivity index (χ1n) is 4.61. The largest absolute Gasteiger partial charge is 0.312 e. The Morgan fingerprint density at radius 3 is 0.900 bits per heavy atom. The van der Waals surface area contributed by atoms with Gasteiger partial charge in [-0.1, -0.05) is 51.0 Å². The van der Waals surface area contributed by atoms with Crippen LogP contribution in [-0.4, -0.2) is 0 Å². The van der Waals surface area contributed by atoms with Crippen LogP contribution in [0, 0.1) is 13.8 Å². The molecule has 0 aromatic heterocycles. The molecule has 0 amide bonds. The molecule has 0 aliphatic rings. The zero-order valence-corrected chi connectivity index (χ0v) is 11.4. The lowest BCUT2D eigenvalue weighted by molar-refractivity contribution is 0.334. The molecule has 0 N–H and O–H groups in total. The molecule has 122 valence electrons. The Kier molecular flexibility index (Phi) is 2.50. The first kappa shape index (κ1) is 17.3. The normalized spacial score (nSPS) is 20.6. The molecule has 0 unspecified atom stereocenters. The van der Waals surface area contributed by atoms with Gasteiger partial charge in [0.2, 0.25) is 0 Å². The van der Waals surface area contributed by atoms with Gasteiger partial charge in [-0.2, -0.15) is 0 Å². The summed E-state index contributed by atoms with van der Waals surface area (Å²) in [7, 11) is -21.9. The lowest BCUT2D eigenvalue weighted by atomic mass is 10.2. The third-order valence-corrected chi connectivity index (χ3v) is 5.00. The first-order chi connectivity index (χ1) is 8.03. The number of aryl methyl sites for hydroxylation is 2. The highest BCUT2D eigenvalue weighted by molar-refractivity contribution is 8.48. The van der Waals surface area contributed by atoms with E-state index in [1.54, 1.807) is 0 Å². The molecule has 0 saturated carbocycles. The molecule has 0 bridgehead atoms. The molecule has 0 heterocycles. The third-order valence-electron chi connectivity index (χ3n) is 2.28. The quantitative estimate of drug-likeness (QED) is 0.477. The molecule has 12 heteroatoms. The summed E-state index contributed by atoms with van der Waals surface area (Å²) in [4.78, 5) is -7.13. The van der Waals surface area contributed by atoms with Gasteiger partial charge in [-0.3, -0.25) is 0 Å². The molecular formula is C8H8F10S2. The fraction of sp³-hybridized carbons (Fsp3) is 0.250. The van der Waals surface area contributed by atoms with Gasteiger partial charge in [0, 0.05) is 0 Å². The highest BCUT2D eigenvalue weighted by atomic mass is 32.5. The fourth-order valence-electron chi connectivity index (χ4n) is 1.72. The molecule has 1 aromatic rings. The number of hydrogen-bond acceptors (Lipinski definition) is 0. The summed E-state index contributed by atoms with van der Waals surface area (Å²) in [6.45, 7) is 0.527. The predicted octanol–water partition coefficient (Wildman–Crippen LogP) is 7.62. The van der Waals surface area contributed by atoms with Crippen LogP contribution in [0.1, 0.15) is 11.1 Å². The number of halogens is 10. The number of hydrogen-bond donors (Lipinski definition) is 0. The summed E-state index contributed by atoms with van der Waals surface area (Å²) in [5.41, 5.74) is -3.23. The van der Waals surface area contributed by atoms with Crippen LogP contribution in [0.2, 0.25) is 0 Å². The minimum absolute atomic E-state index is 0.264. The summed E-state index contributed by atoms with van der Waals surface area (Å²) < 4.78 is 127. The van der Waals surface area contributed by atoms with E-state index < -0.39 is 41.4 Å². The van der Waals surface area contributed by atoms with Crippen molar-refractivity contribution in [2.75, 3.05) is 0 Å². The Morgan fingerprint density at radius 2 is 0.750 bits per heavy atom. The van der Waals surface area contributed by atoms with E-state index in [0.717, 1.165) is 0 Å². The summed E-state index contributed by atoms with van der Waals surface area (Å²) in [6.07, 6.45) is 0. The third kappa shape index (κ3) is 3.45. The van der Waals surface area contributed by atoms with E-state index in [1.165, 1.54) is 0 Å². The molecule has 20 heavy (non-hydrogen) atoms. The maximum atomic E-state index is 12.7. The first-order valence-corrected chi connectivity index (χ1v) is 8.51. The van der Waals surface area contributed by atoms with Gasteiger partial charge >= 0.3 is 20.4 Å². The number of benzene rings is 1. The SMILES string of the molecule is Cc1ccc(C)c(S(F)(F)(F)(F)F)c1S(F)(F)(F)(F)F. The molecule has 0 radical (unpaired) electrons. The smallest absolute Gasteiger partial charge is 0.0936 e. The Labute approximate surface area is 107 Å². The van der Waals surface area contributed by atoms with Crippen molar-refractivity contribution in [1.82, 2.24) is 0 Å². The average molecular weight is 358 g/mol. The maximum absolute atomic E-state index is 12.7. The van der Waals surface area contributed by atoms with Crippen LogP contribution in [0.4, 0.5) is 38.9 Å². The molecule has 1 aromatic carbocycles. The van der Waals surface area contributed by atoms with Crippen molar-refractivity contribution in [3.05, 3.63) is 23.3 Å². The monoisotopic (exact) mass is 358 g/mol. The van der Waals surface area contributed by atoms with Gasteiger partial charge in [0.25, 0.3) is 0 Å². The van der Waals surface area contributed by atoms with E-state index in [9.17, 15) is 38.9 Å². The molecule has 0 fully saturated rings. The maximum Gasteiger partial charge on any atom is 0.312 e. The Hall–Kier alpha value is -0.780. The minimum Gasteiger partial charge on any atom is -0.0936 e. The van der Waals surface area contributed by atoms with Crippen LogP contribution in [0.15, 0.2) is 21.9 Å². The van der Waals surface area contributed by atoms with Crippen molar-refractivity contribution in [2.24, 2.45) is 0 Å². The molecular weight excluding hydrogens is 350 g/mol. The molecule has 0 saturated heterocycles. The zero-order valence-electron chi connectivity index (χ0n) is 9.75. The minimum atomic E-state index is -11.0. The topological polar surface area (TPSA) is 0 Å². The lowest BCUT2D eigenvalue weighted by Gasteiger charge is -2.49. The van der Waals surface area contributed by atoms with E-state index in [-0.39, 0.29) is 26.0 Å². The van der Waals surface area contributed by atoms with Gasteiger partial charge in [0.15, 0.2) is 0 Å². The van der Waals surface area contributed by atoms with Gasteiger partial charge in [-0.25, -0.2) is 0 Å². The molecule has 0 aliphatic heterocycles. The van der Waals surface area contributed by atoms with Crippen molar-refractivity contribution >= 4 is 20.4 Å². The Balaban J connectivity index is 4.19. The second-order valence-corrected chi connectivity index (χ2v) is 8.99. The lowest BCUT2D eigenvalue weighted by Crippen LogP contribution is -2.18. The molecule has 0 aliphatic carbocycles. The van der Waals surface area contributed by atoms with Crippen LogP contribution in [0.5, 0.6) is 0 Å². The van der Waals surface area contributed by atoms with Gasteiger partial charge in [-0.05, 0) is 25.0 Å². The van der Waals surface area contributed by atoms with Crippen molar-refractivity contribution < 1.29 is 38.9 Å². The average Bonchev–Trinajstić information content (AvgIpc) is 1.99. The van der Waals surface area contributed by atoms with Crippen LogP contribution >= 0.6 is 20.4 Å². The van der Waals surface area contributed by atoms with Gasteiger partial charge in [-0.15, -0.1) is 0 Å². The molecule has 0 nitrogen and oxygen atoms in total. The van der Waals surface area contributed by atoms with E-state index in [2.05, 4.69) is 0 Å². The summed E-state index contributed by atoms with van der Waals surface area (Å²) in [6, 6.07) is 0.575. The van der Waals surface area contributed by atoms with E-state index >= 15 is 0 Å². The standard InChI is InChI=1S/C8H8F10S2/c1-5-3-4-6(2)8(20(14,15,16,17)18)7(5)19(9,10,11,12)13/h3-4H,1-2H3. The summed E-state index contributed by atoms with van der Waals surface area (Å²) >= 11 is 0. The molecule has 0 atom stereocenters. The molecule has 1 rings (SSSR count). The van der Waals surface area contributed by atoms with Crippen LogP contribution < -0.4 is 0 Å². The van der Waals surface area contributed by atoms with Crippen molar-refractivity contribution in [1.29, 1.82) is 0 Å². The molecule has 0 spiro atoms. The van der Waals surface area contributed by atoms with Crippen molar-refractivity contribution in [2.45, 2.75) is 23.6 Å². The second kappa shape index (κ2) is 2.89. The van der Waals surface area contributed by atoms with Crippen LogP contribution in [0.3, 0.4) is 0 Å². The van der Waals surface area contributed by atoms with Gasteiger partial charge in [0.1, 0.15) is 9.79 Å². The summed E-state index contributed by atoms with van der Waals surface area (Å²) in [5, 5.41) is 0. The Bertz CT molecular complexity index is 537.